The van der Waals surface area contributed by atoms with E-state index < -0.39 is 0 Å². The molecule has 4 heterocycles. The van der Waals surface area contributed by atoms with Gasteiger partial charge in [-0.15, -0.1) is 0 Å². The molecule has 12 nitrogen and oxygen atoms in total. The number of rotatable bonds is 24. The molecule has 4 aromatic carbocycles. The monoisotopic (exact) mass is 1060 g/mol. The molecule has 3 aliphatic rings. The highest BCUT2D eigenvalue weighted by molar-refractivity contribution is 6.31. The van der Waals surface area contributed by atoms with Gasteiger partial charge in [0.1, 0.15) is 22.7 Å². The van der Waals surface area contributed by atoms with Crippen LogP contribution in [0.1, 0.15) is 91.4 Å². The zero-order valence-corrected chi connectivity index (χ0v) is 46.2. The molecule has 404 valence electrons. The fourth-order valence-corrected chi connectivity index (χ4v) is 10.9. The summed E-state index contributed by atoms with van der Waals surface area (Å²) in [5.74, 6) is 2.64. The summed E-state index contributed by atoms with van der Waals surface area (Å²) in [6.45, 7) is 19.2. The van der Waals surface area contributed by atoms with Gasteiger partial charge in [0.2, 0.25) is 11.8 Å². The van der Waals surface area contributed by atoms with E-state index in [4.69, 9.17) is 41.5 Å². The van der Waals surface area contributed by atoms with E-state index in [9.17, 15) is 9.59 Å². The lowest BCUT2D eigenvalue weighted by Gasteiger charge is -2.34. The Labute approximate surface area is 455 Å². The fourth-order valence-electron chi connectivity index (χ4n) is 10.7. The molecular formula is C61H80Cl2N6O6. The second kappa shape index (κ2) is 28.9. The van der Waals surface area contributed by atoms with Gasteiger partial charge in [-0.1, -0.05) is 74.2 Å². The summed E-state index contributed by atoms with van der Waals surface area (Å²) in [7, 11) is 0. The highest BCUT2D eigenvalue weighted by Crippen LogP contribution is 2.35. The van der Waals surface area contributed by atoms with Crippen LogP contribution >= 0.6 is 23.2 Å². The van der Waals surface area contributed by atoms with E-state index >= 15 is 0 Å². The van der Waals surface area contributed by atoms with Crippen molar-refractivity contribution in [2.24, 2.45) is 5.92 Å². The Kier molecular flexibility index (Phi) is 21.6. The third kappa shape index (κ3) is 17.7. The summed E-state index contributed by atoms with van der Waals surface area (Å²) < 4.78 is 23.6. The maximum Gasteiger partial charge on any atom is 0.234 e. The number of amides is 2. The van der Waals surface area contributed by atoms with Crippen molar-refractivity contribution < 1.29 is 27.9 Å². The largest absolute Gasteiger partial charge is 0.493 e. The first-order valence-electron chi connectivity index (χ1n) is 27.8. The summed E-state index contributed by atoms with van der Waals surface area (Å²) in [5.41, 5.74) is 5.95. The fraction of sp³-hybridized carbons (Fsp3) is 0.508. The molecule has 9 rings (SSSR count). The van der Waals surface area contributed by atoms with E-state index in [1.54, 1.807) is 12.5 Å². The van der Waals surface area contributed by atoms with Crippen LogP contribution < -0.4 is 20.1 Å². The van der Waals surface area contributed by atoms with Crippen LogP contribution in [0, 0.1) is 5.92 Å². The number of furan rings is 2. The van der Waals surface area contributed by atoms with E-state index in [-0.39, 0.29) is 17.9 Å². The quantitative estimate of drug-likeness (QED) is 0.0568. The summed E-state index contributed by atoms with van der Waals surface area (Å²) in [4.78, 5) is 34.2. The molecule has 2 aromatic heterocycles. The first-order valence-corrected chi connectivity index (χ1v) is 28.5. The normalized spacial score (nSPS) is 16.6. The van der Waals surface area contributed by atoms with Crippen LogP contribution in [0.25, 0.3) is 44.2 Å². The van der Waals surface area contributed by atoms with Gasteiger partial charge in [-0.05, 0) is 143 Å². The minimum absolute atomic E-state index is 0.153. The lowest BCUT2D eigenvalue weighted by atomic mass is 10.0. The summed E-state index contributed by atoms with van der Waals surface area (Å²) in [6, 6.07) is 28.4. The van der Waals surface area contributed by atoms with E-state index in [0.29, 0.717) is 38.3 Å². The highest BCUT2D eigenvalue weighted by Gasteiger charge is 2.23. The molecule has 1 saturated carbocycles. The minimum atomic E-state index is 0.153. The molecule has 2 N–H and O–H groups in total. The van der Waals surface area contributed by atoms with Crippen LogP contribution in [-0.2, 0) is 9.59 Å². The lowest BCUT2D eigenvalue weighted by molar-refractivity contribution is -0.124. The van der Waals surface area contributed by atoms with Crippen LogP contribution in [0.3, 0.4) is 0 Å². The van der Waals surface area contributed by atoms with Crippen molar-refractivity contribution >= 4 is 57.0 Å². The van der Waals surface area contributed by atoms with Crippen LogP contribution in [0.4, 0.5) is 0 Å². The molecule has 2 aliphatic heterocycles. The molecule has 0 radical (unpaired) electrons. The number of ether oxygens (including phenoxy) is 2. The number of carbonyl (C=O) groups is 2. The number of piperazine rings is 2. The topological polar surface area (TPSA) is 116 Å². The Bertz CT molecular complexity index is 2670. The van der Waals surface area contributed by atoms with Crippen molar-refractivity contribution in [2.75, 3.05) is 91.8 Å². The van der Waals surface area contributed by atoms with Gasteiger partial charge in [-0.3, -0.25) is 19.4 Å². The van der Waals surface area contributed by atoms with Crippen LogP contribution in [-0.4, -0.2) is 135 Å². The van der Waals surface area contributed by atoms with Gasteiger partial charge < -0.3 is 38.7 Å². The third-order valence-electron chi connectivity index (χ3n) is 14.8. The third-order valence-corrected chi connectivity index (χ3v) is 15.3. The second-order valence-corrected chi connectivity index (χ2v) is 22.2. The number of unbranched alkanes of at least 4 members (excludes halogenated alkanes) is 4. The van der Waals surface area contributed by atoms with Gasteiger partial charge in [-0.25, -0.2) is 0 Å². The lowest BCUT2D eigenvalue weighted by Crippen LogP contribution is -2.50. The SMILES string of the molecule is CC(C)CC(C)NC(=O)CN1CCN(CCCCCOc2ccc3c(-c4ccc(Cl)cc4)coc3c2)CC1.O=C(CN1CCN(CCCCCOc2ccc3c(-c4ccc(Cl)cc4)coc3c2)CC1)NC1CCCC1. The zero-order chi connectivity index (χ0) is 52.4. The number of benzene rings is 4. The van der Waals surface area contributed by atoms with Gasteiger partial charge in [-0.2, -0.15) is 0 Å². The number of hydrogen-bond acceptors (Lipinski definition) is 10. The molecule has 6 aromatic rings. The molecule has 2 saturated heterocycles. The molecule has 0 spiro atoms. The molecule has 75 heavy (non-hydrogen) atoms. The first-order chi connectivity index (χ1) is 36.5. The Morgan fingerprint density at radius 3 is 1.47 bits per heavy atom. The second-order valence-electron chi connectivity index (χ2n) is 21.3. The maximum absolute atomic E-state index is 12.3. The summed E-state index contributed by atoms with van der Waals surface area (Å²) >= 11 is 12.0. The average molecular weight is 1060 g/mol. The van der Waals surface area contributed by atoms with Crippen molar-refractivity contribution in [1.82, 2.24) is 30.2 Å². The van der Waals surface area contributed by atoms with Gasteiger partial charge in [0.15, 0.2) is 0 Å². The van der Waals surface area contributed by atoms with E-state index in [2.05, 4.69) is 63.1 Å². The molecule has 0 bridgehead atoms. The van der Waals surface area contributed by atoms with Crippen molar-refractivity contribution in [3.8, 4) is 33.8 Å². The average Bonchev–Trinajstić information content (AvgIpc) is 4.18. The molecule has 3 fully saturated rings. The van der Waals surface area contributed by atoms with E-state index in [1.807, 2.05) is 72.8 Å². The molecule has 1 atom stereocenters. The zero-order valence-electron chi connectivity index (χ0n) is 44.6. The predicted octanol–water partition coefficient (Wildman–Crippen LogP) is 12.4. The minimum Gasteiger partial charge on any atom is -0.493 e. The van der Waals surface area contributed by atoms with Crippen molar-refractivity contribution in [3.63, 3.8) is 0 Å². The number of nitrogens with one attached hydrogen (secondary N) is 2. The Hall–Kier alpha value is -5.08. The standard InChI is InChI=1S/C31H42ClN3O3.C30H38ClN3O3/c1-23(2)19-24(3)33-31(36)21-35-16-14-34(15-17-35)13-5-4-6-18-37-27-11-12-28-29(22-38-30(28)20-27)25-7-9-26(32)10-8-25;31-24-10-8-23(9-11-24)28-22-37-29-20-26(12-13-27(28)29)36-19-5-1-4-14-33-15-17-34(18-16-33)21-30(35)32-25-6-2-3-7-25/h7-12,20,22-24H,4-6,13-19,21H2,1-3H3,(H,33,36);8-13,20,22,25H,1-7,14-19,21H2,(H,32,35). The van der Waals surface area contributed by atoms with Crippen molar-refractivity contribution in [1.29, 1.82) is 0 Å². The number of halogens is 2. The Morgan fingerprint density at radius 1 is 0.573 bits per heavy atom. The van der Waals surface area contributed by atoms with Gasteiger partial charge in [0.25, 0.3) is 0 Å². The molecular weight excluding hydrogens is 984 g/mol. The van der Waals surface area contributed by atoms with Crippen molar-refractivity contribution in [3.05, 3.63) is 108 Å². The number of hydrogen-bond donors (Lipinski definition) is 2. The predicted molar refractivity (Wildman–Crippen MR) is 305 cm³/mol. The van der Waals surface area contributed by atoms with E-state index in [1.165, 1.54) is 19.3 Å². The first kappa shape index (κ1) is 56.1. The van der Waals surface area contributed by atoms with Gasteiger partial charge in [0, 0.05) is 109 Å². The molecule has 1 unspecified atom stereocenters. The number of nitrogens with zero attached hydrogens (tertiary/aromatic N) is 4. The number of carbonyl (C=O) groups excluding carboxylic acids is 2. The van der Waals surface area contributed by atoms with E-state index in [0.717, 1.165) is 183 Å². The Balaban J connectivity index is 0.000000199. The maximum atomic E-state index is 12.3. The van der Waals surface area contributed by atoms with Crippen LogP contribution in [0.15, 0.2) is 106 Å². The Morgan fingerprint density at radius 2 is 1.01 bits per heavy atom. The number of fused-ring (bicyclic) bond motifs is 2. The molecule has 1 aliphatic carbocycles. The van der Waals surface area contributed by atoms with Gasteiger partial charge in [0.05, 0.1) is 38.8 Å². The summed E-state index contributed by atoms with van der Waals surface area (Å²) in [6.07, 6.45) is 16.1. The van der Waals surface area contributed by atoms with Crippen molar-refractivity contribution in [2.45, 2.75) is 103 Å². The smallest absolute Gasteiger partial charge is 0.234 e. The summed E-state index contributed by atoms with van der Waals surface area (Å²) in [5, 5.41) is 9.94. The molecule has 14 heteroatoms. The van der Waals surface area contributed by atoms with Gasteiger partial charge >= 0.3 is 0 Å². The molecule has 2 amide bonds. The van der Waals surface area contributed by atoms with Crippen LogP contribution in [0.5, 0.6) is 11.5 Å². The van der Waals surface area contributed by atoms with Crippen LogP contribution in [0.2, 0.25) is 10.0 Å². The highest BCUT2D eigenvalue weighted by atomic mass is 35.5.